The Morgan fingerprint density at radius 1 is 1.47 bits per heavy atom. The highest BCUT2D eigenvalue weighted by molar-refractivity contribution is 7.89. The molecule has 96 valence electrons. The summed E-state index contributed by atoms with van der Waals surface area (Å²) < 4.78 is 30.9. The molecule has 0 saturated heterocycles. The minimum atomic E-state index is -3.58. The van der Waals surface area contributed by atoms with Gasteiger partial charge in [-0.05, 0) is 18.6 Å². The predicted molar refractivity (Wildman–Crippen MR) is 64.9 cm³/mol. The number of aliphatic hydroxyl groups excluding tert-OH is 1. The van der Waals surface area contributed by atoms with Gasteiger partial charge in [-0.2, -0.15) is 0 Å². The first kappa shape index (κ1) is 14.2. The maximum Gasteiger partial charge on any atom is 0.240 e. The fraction of sp³-hybridized carbons (Fsp3) is 0.400. The van der Waals surface area contributed by atoms with E-state index in [1.165, 1.54) is 25.3 Å². The number of rotatable bonds is 6. The first-order valence-electron chi connectivity index (χ1n) is 4.95. The molecule has 0 heterocycles. The lowest BCUT2D eigenvalue weighted by Gasteiger charge is -2.08. The van der Waals surface area contributed by atoms with Crippen LogP contribution in [0.1, 0.15) is 6.42 Å². The van der Waals surface area contributed by atoms with Gasteiger partial charge in [0, 0.05) is 19.2 Å². The van der Waals surface area contributed by atoms with E-state index >= 15 is 0 Å². The van der Waals surface area contributed by atoms with E-state index < -0.39 is 10.0 Å². The summed E-state index contributed by atoms with van der Waals surface area (Å²) in [5, 5.41) is 8.93. The monoisotopic (exact) mass is 279 g/mol. The largest absolute Gasteiger partial charge is 0.495 e. The van der Waals surface area contributed by atoms with Crippen molar-refractivity contribution < 1.29 is 18.3 Å². The van der Waals surface area contributed by atoms with Gasteiger partial charge in [-0.25, -0.2) is 13.1 Å². The lowest BCUT2D eigenvalue weighted by atomic mass is 10.3. The molecule has 1 rings (SSSR count). The van der Waals surface area contributed by atoms with Gasteiger partial charge in [-0.1, -0.05) is 11.6 Å². The summed E-state index contributed by atoms with van der Waals surface area (Å²) in [6.07, 6.45) is 0.365. The first-order chi connectivity index (χ1) is 8.01. The van der Waals surface area contributed by atoms with E-state index in [0.29, 0.717) is 17.2 Å². The molecule has 0 aliphatic heterocycles. The van der Waals surface area contributed by atoms with Gasteiger partial charge in [0.05, 0.1) is 17.0 Å². The molecule has 0 aromatic heterocycles. The molecule has 0 saturated carbocycles. The van der Waals surface area contributed by atoms with Gasteiger partial charge in [0.15, 0.2) is 0 Å². The molecule has 5 nitrogen and oxygen atoms in total. The van der Waals surface area contributed by atoms with Crippen molar-refractivity contribution in [3.8, 4) is 5.75 Å². The minimum Gasteiger partial charge on any atom is -0.495 e. The molecule has 0 aliphatic carbocycles. The molecule has 0 fully saturated rings. The zero-order valence-corrected chi connectivity index (χ0v) is 10.9. The van der Waals surface area contributed by atoms with Crippen molar-refractivity contribution in [1.29, 1.82) is 0 Å². The van der Waals surface area contributed by atoms with Crippen molar-refractivity contribution in [1.82, 2.24) is 4.72 Å². The fourth-order valence-corrected chi connectivity index (χ4v) is 2.46. The quantitative estimate of drug-likeness (QED) is 0.762. The fourth-order valence-electron chi connectivity index (χ4n) is 1.18. The molecule has 0 bridgehead atoms. The van der Waals surface area contributed by atoms with E-state index in [1.807, 2.05) is 0 Å². The Balaban J connectivity index is 2.91. The Morgan fingerprint density at radius 2 is 2.18 bits per heavy atom. The highest BCUT2D eigenvalue weighted by Crippen LogP contribution is 2.26. The average molecular weight is 280 g/mol. The summed E-state index contributed by atoms with van der Waals surface area (Å²) in [4.78, 5) is 0.0803. The topological polar surface area (TPSA) is 75.6 Å². The second kappa shape index (κ2) is 6.20. The van der Waals surface area contributed by atoms with Crippen molar-refractivity contribution >= 4 is 21.6 Å². The van der Waals surface area contributed by atoms with Crippen LogP contribution in [0.25, 0.3) is 0 Å². The van der Waals surface area contributed by atoms with E-state index in [-0.39, 0.29) is 18.0 Å². The van der Waals surface area contributed by atoms with E-state index in [2.05, 4.69) is 4.72 Å². The molecule has 1 aromatic carbocycles. The van der Waals surface area contributed by atoms with E-state index in [9.17, 15) is 8.42 Å². The van der Waals surface area contributed by atoms with Gasteiger partial charge in [0.25, 0.3) is 0 Å². The molecule has 0 amide bonds. The summed E-state index contributed by atoms with van der Waals surface area (Å²) in [5.74, 6) is 0.302. The number of nitrogens with one attached hydrogen (secondary N) is 1. The Kier molecular flexibility index (Phi) is 5.20. The second-order valence-electron chi connectivity index (χ2n) is 3.27. The Bertz CT molecular complexity index is 475. The second-order valence-corrected chi connectivity index (χ2v) is 5.45. The Morgan fingerprint density at radius 3 is 2.76 bits per heavy atom. The Hall–Kier alpha value is -0.820. The van der Waals surface area contributed by atoms with Crippen molar-refractivity contribution in [3.05, 3.63) is 23.2 Å². The van der Waals surface area contributed by atoms with Gasteiger partial charge < -0.3 is 9.84 Å². The van der Waals surface area contributed by atoms with Crippen molar-refractivity contribution in [2.75, 3.05) is 20.3 Å². The number of methoxy groups -OCH3 is 1. The minimum absolute atomic E-state index is 0.0630. The first-order valence-corrected chi connectivity index (χ1v) is 6.81. The van der Waals surface area contributed by atoms with Gasteiger partial charge in [0.1, 0.15) is 5.75 Å². The third kappa shape index (κ3) is 3.85. The maximum atomic E-state index is 11.8. The molecule has 0 spiro atoms. The number of sulfonamides is 1. The van der Waals surface area contributed by atoms with Crippen LogP contribution >= 0.6 is 11.6 Å². The van der Waals surface area contributed by atoms with Crippen molar-refractivity contribution in [3.63, 3.8) is 0 Å². The predicted octanol–water partition coefficient (Wildman–Crippen LogP) is 1.01. The number of halogens is 1. The van der Waals surface area contributed by atoms with E-state index in [0.717, 1.165) is 0 Å². The van der Waals surface area contributed by atoms with Gasteiger partial charge >= 0.3 is 0 Å². The normalized spacial score (nSPS) is 11.5. The smallest absolute Gasteiger partial charge is 0.240 e. The summed E-state index contributed by atoms with van der Waals surface area (Å²) >= 11 is 5.80. The van der Waals surface area contributed by atoms with Crippen LogP contribution in [-0.2, 0) is 10.0 Å². The lowest BCUT2D eigenvalue weighted by molar-refractivity contribution is 0.289. The van der Waals surface area contributed by atoms with Gasteiger partial charge in [0.2, 0.25) is 10.0 Å². The molecule has 0 aliphatic rings. The summed E-state index contributed by atoms with van der Waals surface area (Å²) in [6, 6.07) is 4.21. The highest BCUT2D eigenvalue weighted by Gasteiger charge is 2.15. The van der Waals surface area contributed by atoms with Crippen LogP contribution in [0.2, 0.25) is 5.02 Å². The zero-order valence-electron chi connectivity index (χ0n) is 9.31. The molecule has 0 radical (unpaired) electrons. The van der Waals surface area contributed by atoms with Gasteiger partial charge in [-0.15, -0.1) is 0 Å². The van der Waals surface area contributed by atoms with Crippen LogP contribution in [0, 0.1) is 0 Å². The van der Waals surface area contributed by atoms with Crippen LogP contribution in [0.15, 0.2) is 23.1 Å². The average Bonchev–Trinajstić information content (AvgIpc) is 2.29. The van der Waals surface area contributed by atoms with Crippen LogP contribution in [0.4, 0.5) is 0 Å². The summed E-state index contributed by atoms with van der Waals surface area (Å²) in [5.41, 5.74) is 0. The third-order valence-electron chi connectivity index (χ3n) is 2.06. The van der Waals surface area contributed by atoms with Gasteiger partial charge in [-0.3, -0.25) is 0 Å². The molecule has 17 heavy (non-hydrogen) atoms. The summed E-state index contributed by atoms with van der Waals surface area (Å²) in [7, 11) is -2.17. The SMILES string of the molecule is COc1cc(S(=O)(=O)NCCCO)ccc1Cl. The highest BCUT2D eigenvalue weighted by atomic mass is 35.5. The maximum absolute atomic E-state index is 11.8. The van der Waals surface area contributed by atoms with Crippen LogP contribution < -0.4 is 9.46 Å². The molecular formula is C10H14ClNO4S. The number of hydrogen-bond acceptors (Lipinski definition) is 4. The number of aliphatic hydroxyl groups is 1. The Labute approximate surface area is 105 Å². The van der Waals surface area contributed by atoms with Crippen LogP contribution in [0.5, 0.6) is 5.75 Å². The molecular weight excluding hydrogens is 266 g/mol. The number of hydrogen-bond donors (Lipinski definition) is 2. The molecule has 7 heteroatoms. The lowest BCUT2D eigenvalue weighted by Crippen LogP contribution is -2.25. The van der Waals surface area contributed by atoms with Crippen LogP contribution in [-0.4, -0.2) is 33.8 Å². The number of benzene rings is 1. The molecule has 0 atom stereocenters. The van der Waals surface area contributed by atoms with Crippen molar-refractivity contribution in [2.45, 2.75) is 11.3 Å². The standard InChI is InChI=1S/C10H14ClNO4S/c1-16-10-7-8(3-4-9(10)11)17(14,15)12-5-2-6-13/h3-4,7,12-13H,2,5-6H2,1H3. The molecule has 2 N–H and O–H groups in total. The third-order valence-corrected chi connectivity index (χ3v) is 3.83. The van der Waals surface area contributed by atoms with E-state index in [4.69, 9.17) is 21.4 Å². The van der Waals surface area contributed by atoms with Crippen molar-refractivity contribution in [2.24, 2.45) is 0 Å². The van der Waals surface area contributed by atoms with Crippen LogP contribution in [0.3, 0.4) is 0 Å². The van der Waals surface area contributed by atoms with E-state index in [1.54, 1.807) is 0 Å². The number of ether oxygens (including phenoxy) is 1. The molecule has 1 aromatic rings. The zero-order chi connectivity index (χ0) is 12.9. The summed E-state index contributed by atoms with van der Waals surface area (Å²) in [6.45, 7) is 0.121. The molecule has 0 unspecified atom stereocenters.